The van der Waals surface area contributed by atoms with Gasteiger partial charge in [0, 0.05) is 30.5 Å². The molecular weight excluding hydrogens is 332 g/mol. The number of aryl methyl sites for hydroxylation is 1. The maximum atomic E-state index is 14.0. The second-order valence-corrected chi connectivity index (χ2v) is 6.19. The molecule has 0 radical (unpaired) electrons. The minimum Gasteiger partial charge on any atom is -0.478 e. The summed E-state index contributed by atoms with van der Waals surface area (Å²) >= 11 is 0. The number of benzene rings is 1. The second kappa shape index (κ2) is 6.31. The molecule has 1 saturated carbocycles. The Labute approximate surface area is 142 Å². The Hall–Kier alpha value is -2.70. The molecular formula is C18H17F2NO4. The van der Waals surface area contributed by atoms with Gasteiger partial charge in [-0.25, -0.2) is 13.6 Å². The molecule has 0 atom stereocenters. The molecule has 1 aromatic heterocycles. The lowest BCUT2D eigenvalue weighted by molar-refractivity contribution is 0.0694. The number of rotatable bonds is 6. The van der Waals surface area contributed by atoms with E-state index in [1.54, 1.807) is 6.92 Å². The van der Waals surface area contributed by atoms with Crippen molar-refractivity contribution in [3.05, 3.63) is 58.5 Å². The van der Waals surface area contributed by atoms with E-state index in [0.29, 0.717) is 24.8 Å². The molecule has 0 saturated heterocycles. The monoisotopic (exact) mass is 349 g/mol. The molecule has 2 N–H and O–H groups in total. The van der Waals surface area contributed by atoms with E-state index in [9.17, 15) is 18.4 Å². The fourth-order valence-corrected chi connectivity index (χ4v) is 2.93. The third-order valence-corrected chi connectivity index (χ3v) is 4.53. The molecule has 1 amide bonds. The Balaban J connectivity index is 1.73. The van der Waals surface area contributed by atoms with Gasteiger partial charge in [0.15, 0.2) is 5.76 Å². The highest BCUT2D eigenvalue weighted by Crippen LogP contribution is 2.48. The topological polar surface area (TPSA) is 79.5 Å². The fraction of sp³-hybridized carbons (Fsp3) is 0.333. The van der Waals surface area contributed by atoms with Crippen molar-refractivity contribution < 1.29 is 27.9 Å². The Morgan fingerprint density at radius 2 is 2.00 bits per heavy atom. The minimum absolute atomic E-state index is 0.0432. The zero-order chi connectivity index (χ0) is 18.2. The Kier molecular flexibility index (Phi) is 4.32. The van der Waals surface area contributed by atoms with Crippen LogP contribution in [0.4, 0.5) is 8.78 Å². The first-order valence-electron chi connectivity index (χ1n) is 7.96. The summed E-state index contributed by atoms with van der Waals surface area (Å²) in [5.41, 5.74) is -0.226. The molecule has 0 bridgehead atoms. The van der Waals surface area contributed by atoms with Gasteiger partial charge in [0.2, 0.25) is 0 Å². The number of carboxylic acid groups (broad SMARTS) is 1. The number of carbonyl (C=O) groups is 2. The van der Waals surface area contributed by atoms with Crippen molar-refractivity contribution in [3.63, 3.8) is 0 Å². The summed E-state index contributed by atoms with van der Waals surface area (Å²) in [6, 6.07) is 4.61. The van der Waals surface area contributed by atoms with Gasteiger partial charge in [-0.2, -0.15) is 0 Å². The van der Waals surface area contributed by atoms with Gasteiger partial charge < -0.3 is 14.8 Å². The van der Waals surface area contributed by atoms with Crippen LogP contribution in [0.25, 0.3) is 0 Å². The van der Waals surface area contributed by atoms with Crippen molar-refractivity contribution in [2.24, 2.45) is 0 Å². The van der Waals surface area contributed by atoms with E-state index >= 15 is 0 Å². The van der Waals surface area contributed by atoms with Crippen LogP contribution in [-0.4, -0.2) is 23.5 Å². The summed E-state index contributed by atoms with van der Waals surface area (Å²) < 4.78 is 32.3. The number of hydrogen-bond acceptors (Lipinski definition) is 3. The van der Waals surface area contributed by atoms with Crippen molar-refractivity contribution in [1.82, 2.24) is 5.32 Å². The van der Waals surface area contributed by atoms with Gasteiger partial charge in [-0.05, 0) is 24.5 Å². The van der Waals surface area contributed by atoms with Crippen molar-refractivity contribution in [2.45, 2.75) is 31.6 Å². The first-order chi connectivity index (χ1) is 11.9. The lowest BCUT2D eigenvalue weighted by Gasteiger charge is -2.17. The van der Waals surface area contributed by atoms with Gasteiger partial charge in [-0.3, -0.25) is 4.79 Å². The average Bonchev–Trinajstić information content (AvgIpc) is 3.21. The highest BCUT2D eigenvalue weighted by molar-refractivity contribution is 5.96. The molecule has 5 nitrogen and oxygen atoms in total. The highest BCUT2D eigenvalue weighted by Gasteiger charge is 2.46. The molecule has 1 aliphatic rings. The molecule has 7 heteroatoms. The maximum absolute atomic E-state index is 14.0. The zero-order valence-corrected chi connectivity index (χ0v) is 13.6. The molecule has 1 fully saturated rings. The van der Waals surface area contributed by atoms with Crippen LogP contribution in [0.2, 0.25) is 0 Å². The van der Waals surface area contributed by atoms with Crippen molar-refractivity contribution >= 4 is 11.9 Å². The molecule has 1 heterocycles. The molecule has 132 valence electrons. The number of furan rings is 1. The summed E-state index contributed by atoms with van der Waals surface area (Å²) in [6.45, 7) is 1.89. The predicted molar refractivity (Wildman–Crippen MR) is 84.6 cm³/mol. The third kappa shape index (κ3) is 3.26. The summed E-state index contributed by atoms with van der Waals surface area (Å²) in [7, 11) is 0. The van der Waals surface area contributed by atoms with Crippen molar-refractivity contribution in [2.75, 3.05) is 6.54 Å². The van der Waals surface area contributed by atoms with E-state index in [4.69, 9.17) is 9.52 Å². The first kappa shape index (κ1) is 17.1. The number of halogens is 2. The molecule has 1 aromatic carbocycles. The number of carboxylic acids is 1. The van der Waals surface area contributed by atoms with Crippen LogP contribution in [0, 0.1) is 11.6 Å². The Bertz CT molecular complexity index is 840. The molecule has 0 unspecified atom stereocenters. The predicted octanol–water partition coefficient (Wildman–Crippen LogP) is 3.28. The standard InChI is InChI=1S/C18H17F2NO4/c1-2-14-11(17(23)24)8-15(25-14)16(22)21-9-18(5-6-18)12-4-3-10(19)7-13(12)20/h3-4,7-8H,2,5-6,9H2,1H3,(H,21,22)(H,23,24). The number of nitrogens with one attached hydrogen (secondary N) is 1. The lowest BCUT2D eigenvalue weighted by Crippen LogP contribution is -2.32. The van der Waals surface area contributed by atoms with Crippen LogP contribution in [0.1, 0.15) is 52.0 Å². The first-order valence-corrected chi connectivity index (χ1v) is 7.96. The zero-order valence-electron chi connectivity index (χ0n) is 13.6. The summed E-state index contributed by atoms with van der Waals surface area (Å²) in [5, 5.41) is 11.8. The van der Waals surface area contributed by atoms with Gasteiger partial charge in [0.25, 0.3) is 5.91 Å². The molecule has 3 rings (SSSR count). The van der Waals surface area contributed by atoms with Crippen LogP contribution in [-0.2, 0) is 11.8 Å². The van der Waals surface area contributed by atoms with Crippen LogP contribution in [0.15, 0.2) is 28.7 Å². The summed E-state index contributed by atoms with van der Waals surface area (Å²) in [4.78, 5) is 23.4. The van der Waals surface area contributed by atoms with E-state index in [-0.39, 0.29) is 23.6 Å². The molecule has 0 spiro atoms. The van der Waals surface area contributed by atoms with E-state index < -0.39 is 28.9 Å². The van der Waals surface area contributed by atoms with E-state index in [2.05, 4.69) is 5.32 Å². The highest BCUT2D eigenvalue weighted by atomic mass is 19.1. The Morgan fingerprint density at radius 1 is 1.28 bits per heavy atom. The summed E-state index contributed by atoms with van der Waals surface area (Å²) in [6.07, 6.45) is 1.70. The van der Waals surface area contributed by atoms with E-state index in [0.717, 1.165) is 6.07 Å². The number of aromatic carboxylic acids is 1. The van der Waals surface area contributed by atoms with Gasteiger partial charge in [-0.15, -0.1) is 0 Å². The fourth-order valence-electron chi connectivity index (χ4n) is 2.93. The molecule has 1 aliphatic carbocycles. The quantitative estimate of drug-likeness (QED) is 0.839. The largest absolute Gasteiger partial charge is 0.478 e. The van der Waals surface area contributed by atoms with Crippen molar-refractivity contribution in [3.8, 4) is 0 Å². The number of amides is 1. The van der Waals surface area contributed by atoms with Gasteiger partial charge in [-0.1, -0.05) is 13.0 Å². The minimum atomic E-state index is -1.16. The number of carbonyl (C=O) groups excluding carboxylic acids is 1. The number of hydrogen-bond donors (Lipinski definition) is 2. The second-order valence-electron chi connectivity index (χ2n) is 6.19. The average molecular weight is 349 g/mol. The summed E-state index contributed by atoms with van der Waals surface area (Å²) in [5.74, 6) is -2.87. The third-order valence-electron chi connectivity index (χ3n) is 4.53. The van der Waals surface area contributed by atoms with Crippen LogP contribution >= 0.6 is 0 Å². The molecule has 25 heavy (non-hydrogen) atoms. The van der Waals surface area contributed by atoms with Gasteiger partial charge in [0.05, 0.1) is 0 Å². The van der Waals surface area contributed by atoms with Crippen LogP contribution in [0.5, 0.6) is 0 Å². The maximum Gasteiger partial charge on any atom is 0.339 e. The lowest BCUT2D eigenvalue weighted by atomic mass is 9.95. The normalized spacial score (nSPS) is 15.0. The van der Waals surface area contributed by atoms with Crippen LogP contribution < -0.4 is 5.32 Å². The molecule has 0 aliphatic heterocycles. The van der Waals surface area contributed by atoms with Gasteiger partial charge in [0.1, 0.15) is 23.0 Å². The van der Waals surface area contributed by atoms with E-state index in [1.165, 1.54) is 18.2 Å². The smallest absolute Gasteiger partial charge is 0.339 e. The van der Waals surface area contributed by atoms with Crippen LogP contribution in [0.3, 0.4) is 0 Å². The molecule has 2 aromatic rings. The van der Waals surface area contributed by atoms with E-state index in [1.807, 2.05) is 0 Å². The Morgan fingerprint density at radius 3 is 2.52 bits per heavy atom. The van der Waals surface area contributed by atoms with Crippen molar-refractivity contribution in [1.29, 1.82) is 0 Å². The van der Waals surface area contributed by atoms with Gasteiger partial charge >= 0.3 is 5.97 Å². The SMILES string of the molecule is CCc1oc(C(=O)NCC2(c3ccc(F)cc3F)CC2)cc1C(=O)O.